The van der Waals surface area contributed by atoms with Crippen LogP contribution >= 0.6 is 11.6 Å². The molecule has 1 fully saturated rings. The average molecular weight is 336 g/mol. The number of hydrogen-bond acceptors (Lipinski definition) is 4. The van der Waals surface area contributed by atoms with Crippen molar-refractivity contribution in [1.82, 2.24) is 19.1 Å². The number of halogens is 1. The predicted octanol–water partition coefficient (Wildman–Crippen LogP) is 2.65. The van der Waals surface area contributed by atoms with Gasteiger partial charge in [-0.3, -0.25) is 9.13 Å². The van der Waals surface area contributed by atoms with Gasteiger partial charge in [-0.15, -0.1) is 11.6 Å². The molecule has 0 aromatic rings. The minimum Gasteiger partial charge on any atom is -0.364 e. The fraction of sp³-hybridized carbons (Fsp3) is 0.688. The smallest absolute Gasteiger partial charge is 0.331 e. The van der Waals surface area contributed by atoms with Crippen LogP contribution < -0.4 is 11.0 Å². The third-order valence-electron chi connectivity index (χ3n) is 4.97. The maximum Gasteiger partial charge on any atom is 0.331 e. The minimum atomic E-state index is -0.00709. The van der Waals surface area contributed by atoms with Crippen molar-refractivity contribution in [2.24, 2.45) is 0 Å². The Kier molecular flexibility index (Phi) is 3.79. The lowest BCUT2D eigenvalue weighted by molar-refractivity contribution is 0.572. The van der Waals surface area contributed by atoms with Crippen molar-refractivity contribution in [2.75, 3.05) is 11.2 Å². The molecule has 0 saturated heterocycles. The van der Waals surface area contributed by atoms with Crippen molar-refractivity contribution in [1.29, 1.82) is 0 Å². The Morgan fingerprint density at radius 2 is 2.09 bits per heavy atom. The van der Waals surface area contributed by atoms with E-state index in [1.165, 1.54) is 12.8 Å². The van der Waals surface area contributed by atoms with Crippen LogP contribution in [0.25, 0.3) is 11.5 Å². The lowest BCUT2D eigenvalue weighted by atomic mass is 10.1. The number of fused-ring (bicyclic) bond motifs is 3. The van der Waals surface area contributed by atoms with E-state index in [2.05, 4.69) is 12.2 Å². The number of aromatic nitrogens is 4. The average Bonchev–Trinajstić information content (AvgIpc) is 3.28. The maximum absolute atomic E-state index is 12.8. The molecule has 1 unspecified atom stereocenters. The number of rotatable bonds is 4. The molecule has 4 rings (SSSR count). The summed E-state index contributed by atoms with van der Waals surface area (Å²) < 4.78 is 3.56. The highest BCUT2D eigenvalue weighted by atomic mass is 35.5. The number of nitrogens with zero attached hydrogens (tertiary/aromatic N) is 4. The Labute approximate surface area is 140 Å². The second-order valence-electron chi connectivity index (χ2n) is 6.62. The molecule has 0 spiro atoms. The van der Waals surface area contributed by atoms with Gasteiger partial charge in [0.05, 0.1) is 12.6 Å². The van der Waals surface area contributed by atoms with E-state index in [1.807, 2.05) is 0 Å². The van der Waals surface area contributed by atoms with Crippen LogP contribution in [0.5, 0.6) is 0 Å². The number of hydrogen-bond donors (Lipinski definition) is 1. The van der Waals surface area contributed by atoms with Gasteiger partial charge in [0.1, 0.15) is 17.3 Å². The first-order valence-electron chi connectivity index (χ1n) is 8.56. The Bertz CT molecular complexity index is 746. The van der Waals surface area contributed by atoms with Gasteiger partial charge in [-0.05, 0) is 19.3 Å². The highest BCUT2D eigenvalue weighted by Crippen LogP contribution is 2.37. The third kappa shape index (κ3) is 2.35. The first-order chi connectivity index (χ1) is 11.2. The lowest BCUT2D eigenvalue weighted by Gasteiger charge is -2.13. The molecule has 3 heterocycles. The molecular weight excluding hydrogens is 314 g/mol. The van der Waals surface area contributed by atoms with Gasteiger partial charge in [-0.1, -0.05) is 19.8 Å². The van der Waals surface area contributed by atoms with Gasteiger partial charge in [0.2, 0.25) is 0 Å². The molecule has 1 atom stereocenters. The quantitative estimate of drug-likeness (QED) is 0.872. The first-order valence-corrected chi connectivity index (χ1v) is 9.09. The van der Waals surface area contributed by atoms with Crippen molar-refractivity contribution in [3.63, 3.8) is 0 Å². The topological polar surface area (TPSA) is 64.7 Å². The molecule has 1 aliphatic carbocycles. The molecule has 0 aromatic carbocycles. The zero-order valence-electron chi connectivity index (χ0n) is 13.4. The summed E-state index contributed by atoms with van der Waals surface area (Å²) in [6, 6.07) is 0.0803. The number of anilines is 1. The summed E-state index contributed by atoms with van der Waals surface area (Å²) in [5.74, 6) is 3.35. The molecule has 0 amide bonds. The van der Waals surface area contributed by atoms with E-state index in [4.69, 9.17) is 21.6 Å². The number of nitrogens with one attached hydrogen (secondary N) is 1. The van der Waals surface area contributed by atoms with Crippen molar-refractivity contribution in [2.45, 2.75) is 64.1 Å². The molecule has 6 nitrogen and oxygen atoms in total. The zero-order valence-corrected chi connectivity index (χ0v) is 14.1. The van der Waals surface area contributed by atoms with Crippen LogP contribution in [-0.4, -0.2) is 31.0 Å². The van der Waals surface area contributed by atoms with E-state index in [0.717, 1.165) is 42.4 Å². The normalized spacial score (nSPS) is 21.0. The van der Waals surface area contributed by atoms with E-state index in [0.29, 0.717) is 24.9 Å². The predicted molar refractivity (Wildman–Crippen MR) is 90.5 cm³/mol. The summed E-state index contributed by atoms with van der Waals surface area (Å²) in [7, 11) is 0. The highest BCUT2D eigenvalue weighted by molar-refractivity contribution is 6.18. The zero-order chi connectivity index (χ0) is 16.0. The number of imidazole rings is 1. The SMILES string of the molecule is CCCn1c2nc(C3CCCC3)nc-2c2n(c1=O)CC(CCl)N2. The Hall–Kier alpha value is -1.56. The summed E-state index contributed by atoms with van der Waals surface area (Å²) in [6.45, 7) is 3.34. The Morgan fingerprint density at radius 1 is 1.30 bits per heavy atom. The number of alkyl halides is 1. The molecule has 1 saturated carbocycles. The van der Waals surface area contributed by atoms with Gasteiger partial charge >= 0.3 is 5.69 Å². The van der Waals surface area contributed by atoms with E-state index in [9.17, 15) is 4.79 Å². The molecule has 1 N–H and O–H groups in total. The van der Waals surface area contributed by atoms with Crippen LogP contribution in [0.15, 0.2) is 4.79 Å². The van der Waals surface area contributed by atoms with Crippen LogP contribution in [0.1, 0.15) is 50.8 Å². The summed E-state index contributed by atoms with van der Waals surface area (Å²) in [6.07, 6.45) is 5.70. The summed E-state index contributed by atoms with van der Waals surface area (Å²) >= 11 is 5.99. The van der Waals surface area contributed by atoms with Gasteiger partial charge in [0.15, 0.2) is 5.82 Å². The van der Waals surface area contributed by atoms with Crippen LogP contribution in [0.4, 0.5) is 5.82 Å². The van der Waals surface area contributed by atoms with Gasteiger partial charge in [0.25, 0.3) is 0 Å². The van der Waals surface area contributed by atoms with Crippen molar-refractivity contribution >= 4 is 17.4 Å². The Balaban J connectivity index is 1.89. The molecular formula is C16H22ClN5O. The molecule has 4 aliphatic rings. The van der Waals surface area contributed by atoms with E-state index < -0.39 is 0 Å². The maximum atomic E-state index is 12.8. The minimum absolute atomic E-state index is 0.00709. The Morgan fingerprint density at radius 3 is 2.78 bits per heavy atom. The van der Waals surface area contributed by atoms with Crippen LogP contribution in [0, 0.1) is 0 Å². The monoisotopic (exact) mass is 335 g/mol. The molecule has 3 aliphatic heterocycles. The van der Waals surface area contributed by atoms with Gasteiger partial charge in [-0.2, -0.15) is 0 Å². The fourth-order valence-electron chi connectivity index (χ4n) is 3.81. The van der Waals surface area contributed by atoms with Gasteiger partial charge in [-0.25, -0.2) is 14.8 Å². The van der Waals surface area contributed by atoms with Crippen molar-refractivity contribution in [3.8, 4) is 11.5 Å². The molecule has 7 heteroatoms. The molecule has 0 bridgehead atoms. The standard InChI is InChI=1S/C16H22ClN5O/c1-2-7-21-15-12(19-13(20-15)10-5-3-4-6-10)14-18-11(8-17)9-22(14)16(21)23/h10-11,18H,2-9H2,1H3. The van der Waals surface area contributed by atoms with E-state index >= 15 is 0 Å². The second-order valence-corrected chi connectivity index (χ2v) is 6.93. The third-order valence-corrected chi connectivity index (χ3v) is 5.34. The summed E-state index contributed by atoms with van der Waals surface area (Å²) in [5, 5.41) is 3.36. The van der Waals surface area contributed by atoms with Crippen molar-refractivity contribution in [3.05, 3.63) is 16.3 Å². The second kappa shape index (κ2) is 5.82. The molecule has 0 aromatic heterocycles. The molecule has 23 heavy (non-hydrogen) atoms. The first kappa shape index (κ1) is 15.0. The largest absolute Gasteiger partial charge is 0.364 e. The molecule has 124 valence electrons. The molecule has 0 radical (unpaired) electrons. The summed E-state index contributed by atoms with van der Waals surface area (Å²) in [4.78, 5) is 22.4. The van der Waals surface area contributed by atoms with Crippen LogP contribution in [0.2, 0.25) is 0 Å². The fourth-order valence-corrected chi connectivity index (χ4v) is 3.99. The van der Waals surface area contributed by atoms with Gasteiger partial charge in [0, 0.05) is 18.3 Å². The van der Waals surface area contributed by atoms with Crippen LogP contribution in [0.3, 0.4) is 0 Å². The van der Waals surface area contributed by atoms with Crippen LogP contribution in [-0.2, 0) is 13.1 Å². The van der Waals surface area contributed by atoms with Gasteiger partial charge < -0.3 is 5.32 Å². The lowest BCUT2D eigenvalue weighted by Crippen LogP contribution is -2.32. The summed E-state index contributed by atoms with van der Waals surface area (Å²) in [5.41, 5.74) is 0.819. The highest BCUT2D eigenvalue weighted by Gasteiger charge is 2.32. The van der Waals surface area contributed by atoms with E-state index in [1.54, 1.807) is 9.13 Å². The van der Waals surface area contributed by atoms with E-state index in [-0.39, 0.29) is 11.7 Å². The van der Waals surface area contributed by atoms with Crippen molar-refractivity contribution < 1.29 is 0 Å².